The van der Waals surface area contributed by atoms with E-state index in [-0.39, 0.29) is 35.4 Å². The van der Waals surface area contributed by atoms with Crippen molar-refractivity contribution in [2.45, 2.75) is 32.4 Å². The zero-order valence-corrected chi connectivity index (χ0v) is 15.5. The van der Waals surface area contributed by atoms with Crippen molar-refractivity contribution in [1.29, 1.82) is 0 Å². The van der Waals surface area contributed by atoms with E-state index in [9.17, 15) is 19.5 Å². The van der Waals surface area contributed by atoms with Crippen LogP contribution in [0.25, 0.3) is 0 Å². The first-order valence-electron chi connectivity index (χ1n) is 8.44. The molecule has 3 aliphatic heterocycles. The number of β-lactam (4-membered cyclic amide) rings is 1. The molecule has 25 heavy (non-hydrogen) atoms. The number of nitrogens with zero attached hydrogens (tertiary/aromatic N) is 2. The number of hydrogen-bond acceptors (Lipinski definition) is 6. The van der Waals surface area contributed by atoms with Crippen LogP contribution in [-0.4, -0.2) is 64.5 Å². The summed E-state index contributed by atoms with van der Waals surface area (Å²) < 4.78 is 4.80. The summed E-state index contributed by atoms with van der Waals surface area (Å²) >= 11 is 0. The number of likely N-dealkylation sites (tertiary alicyclic amines) is 1. The van der Waals surface area contributed by atoms with Crippen molar-refractivity contribution in [3.8, 4) is 0 Å². The molecule has 2 saturated heterocycles. The molecule has 0 bridgehead atoms. The minimum atomic E-state index is -0.769. The minimum absolute atomic E-state index is 0.0657. The van der Waals surface area contributed by atoms with Crippen LogP contribution in [0, 0.1) is 17.8 Å². The highest BCUT2D eigenvalue weighted by Gasteiger charge is 2.60. The zero-order chi connectivity index (χ0) is 18.5. The van der Waals surface area contributed by atoms with Crippen molar-refractivity contribution in [3.05, 3.63) is 11.3 Å². The molecule has 3 N–H and O–H groups in total. The Hall–Kier alpha value is -1.50. The lowest BCUT2D eigenvalue weighted by Gasteiger charge is -2.46. The number of hydrogen-bond donors (Lipinski definition) is 2. The SMILES string of the molecule is C[C@@H](O)C1C(=O)N2C(C(=O)OP)=C(CN3CC[C@@H](C(N)=O)C3)[C@H](C)[C@H]12. The third-order valence-electron chi connectivity index (χ3n) is 5.68. The van der Waals surface area contributed by atoms with Crippen molar-refractivity contribution in [2.24, 2.45) is 23.5 Å². The Balaban J connectivity index is 1.85. The molecular weight excluding hydrogens is 345 g/mol. The van der Waals surface area contributed by atoms with Gasteiger partial charge in [-0.05, 0) is 25.5 Å². The van der Waals surface area contributed by atoms with Crippen molar-refractivity contribution in [2.75, 3.05) is 19.6 Å². The van der Waals surface area contributed by atoms with Gasteiger partial charge in [-0.25, -0.2) is 4.79 Å². The van der Waals surface area contributed by atoms with E-state index < -0.39 is 18.0 Å². The number of carbonyl (C=O) groups excluding carboxylic acids is 3. The molecule has 3 aliphatic rings. The third kappa shape index (κ3) is 2.86. The van der Waals surface area contributed by atoms with Crippen LogP contribution >= 0.6 is 9.47 Å². The topological polar surface area (TPSA) is 113 Å². The van der Waals surface area contributed by atoms with Crippen LogP contribution in [0.3, 0.4) is 0 Å². The molecule has 2 unspecified atom stereocenters. The molecule has 8 nitrogen and oxygen atoms in total. The number of aliphatic hydroxyl groups excluding tert-OH is 1. The first-order valence-corrected chi connectivity index (χ1v) is 8.92. The Labute approximate surface area is 148 Å². The van der Waals surface area contributed by atoms with Crippen LogP contribution in [0.5, 0.6) is 0 Å². The lowest BCUT2D eigenvalue weighted by Crippen LogP contribution is -2.63. The number of carbonyl (C=O) groups is 3. The first-order chi connectivity index (χ1) is 11.8. The predicted octanol–water partition coefficient (Wildman–Crippen LogP) is -0.761. The lowest BCUT2D eigenvalue weighted by atomic mass is 9.77. The monoisotopic (exact) mass is 369 g/mol. The number of fused-ring (bicyclic) bond motifs is 1. The zero-order valence-electron chi connectivity index (χ0n) is 14.3. The fraction of sp³-hybridized carbons (Fsp3) is 0.688. The molecule has 2 fully saturated rings. The van der Waals surface area contributed by atoms with E-state index in [4.69, 9.17) is 10.3 Å². The summed E-state index contributed by atoms with van der Waals surface area (Å²) in [4.78, 5) is 39.6. The van der Waals surface area contributed by atoms with E-state index >= 15 is 0 Å². The smallest absolute Gasteiger partial charge is 0.357 e. The normalized spacial score (nSPS) is 33.3. The van der Waals surface area contributed by atoms with Crippen molar-refractivity contribution < 1.29 is 24.0 Å². The van der Waals surface area contributed by atoms with E-state index in [2.05, 4.69) is 4.90 Å². The van der Waals surface area contributed by atoms with E-state index in [0.29, 0.717) is 26.1 Å². The fourth-order valence-electron chi connectivity index (χ4n) is 4.35. The van der Waals surface area contributed by atoms with Crippen LogP contribution in [-0.2, 0) is 18.9 Å². The number of amides is 2. The fourth-order valence-corrected chi connectivity index (χ4v) is 4.46. The quantitative estimate of drug-likeness (QED) is 0.486. The number of aliphatic hydroxyl groups is 1. The maximum atomic E-state index is 12.4. The molecule has 3 heterocycles. The average Bonchev–Trinajstić information content (AvgIpc) is 3.10. The van der Waals surface area contributed by atoms with Gasteiger partial charge in [0.2, 0.25) is 11.8 Å². The summed E-state index contributed by atoms with van der Waals surface area (Å²) in [5.74, 6) is -1.88. The second-order valence-corrected chi connectivity index (χ2v) is 7.39. The van der Waals surface area contributed by atoms with Crippen LogP contribution in [0.2, 0.25) is 0 Å². The Morgan fingerprint density at radius 2 is 2.16 bits per heavy atom. The van der Waals surface area contributed by atoms with Gasteiger partial charge >= 0.3 is 5.97 Å². The van der Waals surface area contributed by atoms with Gasteiger partial charge in [-0.3, -0.25) is 14.5 Å². The summed E-state index contributed by atoms with van der Waals surface area (Å²) in [6.45, 7) is 5.29. The number of primary amides is 1. The summed E-state index contributed by atoms with van der Waals surface area (Å²) in [7, 11) is 1.92. The summed E-state index contributed by atoms with van der Waals surface area (Å²) in [5, 5.41) is 9.91. The van der Waals surface area contributed by atoms with E-state index in [0.717, 1.165) is 5.57 Å². The van der Waals surface area contributed by atoms with Crippen LogP contribution < -0.4 is 5.73 Å². The number of rotatable bonds is 5. The molecule has 0 aromatic carbocycles. The van der Waals surface area contributed by atoms with Crippen molar-refractivity contribution >= 4 is 27.3 Å². The maximum Gasteiger partial charge on any atom is 0.357 e. The van der Waals surface area contributed by atoms with Crippen molar-refractivity contribution in [3.63, 3.8) is 0 Å². The van der Waals surface area contributed by atoms with E-state index in [1.165, 1.54) is 4.90 Å². The molecule has 9 heteroatoms. The van der Waals surface area contributed by atoms with E-state index in [1.54, 1.807) is 6.92 Å². The second kappa shape index (κ2) is 6.67. The molecular formula is C16H24N3O5P. The van der Waals surface area contributed by atoms with Gasteiger partial charge in [0.1, 0.15) is 5.70 Å². The Kier molecular flexibility index (Phi) is 4.88. The molecule has 3 rings (SSSR count). The Morgan fingerprint density at radius 1 is 1.48 bits per heavy atom. The van der Waals surface area contributed by atoms with Crippen molar-refractivity contribution in [1.82, 2.24) is 9.80 Å². The molecule has 2 amide bonds. The predicted molar refractivity (Wildman–Crippen MR) is 91.5 cm³/mol. The molecule has 0 aromatic rings. The number of nitrogens with two attached hydrogens (primary N) is 1. The summed E-state index contributed by atoms with van der Waals surface area (Å²) in [5.41, 5.74) is 6.47. The molecule has 0 spiro atoms. The summed E-state index contributed by atoms with van der Waals surface area (Å²) in [6.07, 6.45) is -0.0715. The molecule has 6 atom stereocenters. The van der Waals surface area contributed by atoms with Gasteiger partial charge in [-0.2, -0.15) is 0 Å². The molecule has 0 aromatic heterocycles. The first kappa shape index (κ1) is 18.3. The van der Waals surface area contributed by atoms with Gasteiger partial charge in [-0.15, -0.1) is 0 Å². The van der Waals surface area contributed by atoms with Gasteiger partial charge < -0.3 is 20.3 Å². The van der Waals surface area contributed by atoms with Crippen LogP contribution in [0.15, 0.2) is 11.3 Å². The van der Waals surface area contributed by atoms with Gasteiger partial charge in [-0.1, -0.05) is 6.92 Å². The Bertz CT molecular complexity index is 650. The second-order valence-electron chi connectivity index (χ2n) is 7.16. The van der Waals surface area contributed by atoms with Gasteiger partial charge in [0.15, 0.2) is 0 Å². The molecule has 138 valence electrons. The van der Waals surface area contributed by atoms with Gasteiger partial charge in [0.25, 0.3) is 0 Å². The highest BCUT2D eigenvalue weighted by Crippen LogP contribution is 2.47. The minimum Gasteiger partial charge on any atom is -0.447 e. The molecule has 0 aliphatic carbocycles. The Morgan fingerprint density at radius 3 is 2.68 bits per heavy atom. The van der Waals surface area contributed by atoms with Crippen LogP contribution in [0.4, 0.5) is 0 Å². The largest absolute Gasteiger partial charge is 0.447 e. The third-order valence-corrected chi connectivity index (χ3v) is 5.90. The highest BCUT2D eigenvalue weighted by atomic mass is 31.0. The average molecular weight is 369 g/mol. The highest BCUT2D eigenvalue weighted by molar-refractivity contribution is 7.10. The van der Waals surface area contributed by atoms with Gasteiger partial charge in [0.05, 0.1) is 33.4 Å². The molecule has 0 radical (unpaired) electrons. The van der Waals surface area contributed by atoms with Crippen LogP contribution in [0.1, 0.15) is 20.3 Å². The maximum absolute atomic E-state index is 12.4. The van der Waals surface area contributed by atoms with Gasteiger partial charge in [0, 0.05) is 19.0 Å². The lowest BCUT2D eigenvalue weighted by molar-refractivity contribution is -0.162. The van der Waals surface area contributed by atoms with E-state index in [1.807, 2.05) is 16.4 Å². The standard InChI is InChI=1S/C16H24N3O5P/c1-7-10(6-18-4-3-9(5-18)14(17)21)13(16(23)24-25)19-12(7)11(8(2)20)15(19)22/h7-9,11-12,20H,3-6,25H2,1-2H3,(H2,17,21)/t7-,8+,9+,11?,12+/m0/s1. The molecule has 0 saturated carbocycles. The summed E-state index contributed by atoms with van der Waals surface area (Å²) in [6, 6.07) is -0.226.